The maximum absolute atomic E-state index is 11.8. The van der Waals surface area contributed by atoms with E-state index in [2.05, 4.69) is 4.90 Å². The monoisotopic (exact) mass is 263 g/mol. The van der Waals surface area contributed by atoms with E-state index in [0.717, 1.165) is 13.0 Å². The number of anilines is 2. The van der Waals surface area contributed by atoms with E-state index in [-0.39, 0.29) is 5.97 Å². The molecule has 0 aromatic heterocycles. The first kappa shape index (κ1) is 13.7. The SMILES string of the molecule is Nc1ccc(C(=O)OCCCN2CCCC2)c(N)c1. The topological polar surface area (TPSA) is 81.6 Å². The van der Waals surface area contributed by atoms with Gasteiger partial charge in [-0.2, -0.15) is 0 Å². The predicted molar refractivity (Wildman–Crippen MR) is 75.8 cm³/mol. The molecule has 0 amide bonds. The van der Waals surface area contributed by atoms with Crippen molar-refractivity contribution >= 4 is 17.3 Å². The highest BCUT2D eigenvalue weighted by Crippen LogP contribution is 2.16. The molecule has 2 rings (SSSR count). The van der Waals surface area contributed by atoms with Gasteiger partial charge in [-0.25, -0.2) is 4.79 Å². The average molecular weight is 263 g/mol. The van der Waals surface area contributed by atoms with E-state index in [1.54, 1.807) is 18.2 Å². The number of nitrogen functional groups attached to an aromatic ring is 2. The van der Waals surface area contributed by atoms with Gasteiger partial charge in [-0.3, -0.25) is 0 Å². The van der Waals surface area contributed by atoms with Crippen LogP contribution in [0.4, 0.5) is 11.4 Å². The van der Waals surface area contributed by atoms with Gasteiger partial charge in [0.1, 0.15) is 0 Å². The van der Waals surface area contributed by atoms with Crippen LogP contribution in [0.2, 0.25) is 0 Å². The number of carbonyl (C=O) groups excluding carboxylic acids is 1. The van der Waals surface area contributed by atoms with Gasteiger partial charge in [-0.1, -0.05) is 0 Å². The molecule has 19 heavy (non-hydrogen) atoms. The van der Waals surface area contributed by atoms with E-state index in [9.17, 15) is 4.79 Å². The van der Waals surface area contributed by atoms with Crippen molar-refractivity contribution in [3.05, 3.63) is 23.8 Å². The molecule has 1 heterocycles. The molecule has 1 aromatic rings. The molecule has 0 unspecified atom stereocenters. The Labute approximate surface area is 113 Å². The normalized spacial score (nSPS) is 15.6. The van der Waals surface area contributed by atoms with Crippen LogP contribution < -0.4 is 11.5 Å². The summed E-state index contributed by atoms with van der Waals surface area (Å²) in [6, 6.07) is 4.82. The number of rotatable bonds is 5. The lowest BCUT2D eigenvalue weighted by Gasteiger charge is -2.14. The molecule has 5 heteroatoms. The summed E-state index contributed by atoms with van der Waals surface area (Å²) in [7, 11) is 0. The second kappa shape index (κ2) is 6.43. The Morgan fingerprint density at radius 1 is 1.26 bits per heavy atom. The molecular weight excluding hydrogens is 242 g/mol. The van der Waals surface area contributed by atoms with Gasteiger partial charge < -0.3 is 21.1 Å². The number of benzene rings is 1. The third-order valence-electron chi connectivity index (χ3n) is 3.35. The smallest absolute Gasteiger partial charge is 0.340 e. The maximum Gasteiger partial charge on any atom is 0.340 e. The van der Waals surface area contributed by atoms with Gasteiger partial charge >= 0.3 is 5.97 Å². The quantitative estimate of drug-likeness (QED) is 0.478. The van der Waals surface area contributed by atoms with E-state index >= 15 is 0 Å². The summed E-state index contributed by atoms with van der Waals surface area (Å²) >= 11 is 0. The summed E-state index contributed by atoms with van der Waals surface area (Å²) < 4.78 is 5.22. The van der Waals surface area contributed by atoms with Gasteiger partial charge in [0.15, 0.2) is 0 Å². The maximum atomic E-state index is 11.8. The second-order valence-electron chi connectivity index (χ2n) is 4.88. The van der Waals surface area contributed by atoms with Crippen molar-refractivity contribution in [3.8, 4) is 0 Å². The summed E-state index contributed by atoms with van der Waals surface area (Å²) in [6.45, 7) is 3.75. The Morgan fingerprint density at radius 2 is 2.00 bits per heavy atom. The molecule has 1 aromatic carbocycles. The minimum absolute atomic E-state index is 0.365. The molecule has 0 saturated carbocycles. The Kier molecular flexibility index (Phi) is 4.63. The lowest BCUT2D eigenvalue weighted by atomic mass is 10.1. The van der Waals surface area contributed by atoms with Crippen molar-refractivity contribution < 1.29 is 9.53 Å². The van der Waals surface area contributed by atoms with Crippen LogP contribution in [0.15, 0.2) is 18.2 Å². The number of likely N-dealkylation sites (tertiary alicyclic amines) is 1. The number of hydrogen-bond acceptors (Lipinski definition) is 5. The zero-order chi connectivity index (χ0) is 13.7. The van der Waals surface area contributed by atoms with Crippen LogP contribution in [0.1, 0.15) is 29.6 Å². The first-order chi connectivity index (χ1) is 9.16. The minimum Gasteiger partial charge on any atom is -0.462 e. The Balaban J connectivity index is 1.74. The number of nitrogens with zero attached hydrogens (tertiary/aromatic N) is 1. The molecule has 1 fully saturated rings. The summed E-state index contributed by atoms with van der Waals surface area (Å²) in [5.41, 5.74) is 12.6. The molecule has 0 aliphatic carbocycles. The fraction of sp³-hybridized carbons (Fsp3) is 0.500. The summed E-state index contributed by atoms with van der Waals surface area (Å²) in [6.07, 6.45) is 3.42. The molecule has 1 saturated heterocycles. The van der Waals surface area contributed by atoms with Gasteiger partial charge in [0.2, 0.25) is 0 Å². The molecule has 0 atom stereocenters. The van der Waals surface area contributed by atoms with Crippen LogP contribution in [0.5, 0.6) is 0 Å². The van der Waals surface area contributed by atoms with Crippen molar-refractivity contribution in [1.29, 1.82) is 0 Å². The fourth-order valence-corrected chi connectivity index (χ4v) is 2.30. The van der Waals surface area contributed by atoms with Crippen LogP contribution in [0.25, 0.3) is 0 Å². The standard InChI is InChI=1S/C14H21N3O2/c15-11-4-5-12(13(16)10-11)14(18)19-9-3-8-17-6-1-2-7-17/h4-5,10H,1-3,6-9,15-16H2. The van der Waals surface area contributed by atoms with E-state index in [4.69, 9.17) is 16.2 Å². The van der Waals surface area contributed by atoms with Gasteiger partial charge in [-0.05, 0) is 50.6 Å². The summed E-state index contributed by atoms with van der Waals surface area (Å²) in [5, 5.41) is 0. The van der Waals surface area contributed by atoms with E-state index in [1.807, 2.05) is 0 Å². The van der Waals surface area contributed by atoms with Crippen molar-refractivity contribution in [2.75, 3.05) is 37.7 Å². The predicted octanol–water partition coefficient (Wildman–Crippen LogP) is 1.49. The lowest BCUT2D eigenvalue weighted by molar-refractivity contribution is 0.0492. The number of hydrogen-bond donors (Lipinski definition) is 2. The third-order valence-corrected chi connectivity index (χ3v) is 3.35. The van der Waals surface area contributed by atoms with Gasteiger partial charge in [-0.15, -0.1) is 0 Å². The average Bonchev–Trinajstić information content (AvgIpc) is 2.87. The van der Waals surface area contributed by atoms with E-state index in [0.29, 0.717) is 23.5 Å². The fourth-order valence-electron chi connectivity index (χ4n) is 2.30. The van der Waals surface area contributed by atoms with Crippen LogP contribution in [-0.2, 0) is 4.74 Å². The minimum atomic E-state index is -0.376. The highest BCUT2D eigenvalue weighted by molar-refractivity contribution is 5.95. The molecule has 1 aliphatic rings. The highest BCUT2D eigenvalue weighted by Gasteiger charge is 2.13. The Hall–Kier alpha value is -1.75. The molecular formula is C14H21N3O2. The highest BCUT2D eigenvalue weighted by atomic mass is 16.5. The molecule has 0 radical (unpaired) electrons. The molecule has 0 spiro atoms. The Bertz CT molecular complexity index is 442. The van der Waals surface area contributed by atoms with Crippen molar-refractivity contribution in [2.45, 2.75) is 19.3 Å². The van der Waals surface area contributed by atoms with Crippen LogP contribution in [-0.4, -0.2) is 37.1 Å². The molecule has 0 bridgehead atoms. The van der Waals surface area contributed by atoms with E-state index in [1.165, 1.54) is 25.9 Å². The van der Waals surface area contributed by atoms with Gasteiger partial charge in [0, 0.05) is 17.9 Å². The van der Waals surface area contributed by atoms with Crippen LogP contribution in [0.3, 0.4) is 0 Å². The summed E-state index contributed by atoms with van der Waals surface area (Å²) in [4.78, 5) is 14.2. The second-order valence-corrected chi connectivity index (χ2v) is 4.88. The van der Waals surface area contributed by atoms with E-state index < -0.39 is 0 Å². The van der Waals surface area contributed by atoms with Crippen LogP contribution >= 0.6 is 0 Å². The third kappa shape index (κ3) is 3.86. The molecule has 1 aliphatic heterocycles. The van der Waals surface area contributed by atoms with Crippen molar-refractivity contribution in [2.24, 2.45) is 0 Å². The zero-order valence-electron chi connectivity index (χ0n) is 11.1. The number of nitrogens with two attached hydrogens (primary N) is 2. The van der Waals surface area contributed by atoms with Gasteiger partial charge in [0.25, 0.3) is 0 Å². The Morgan fingerprint density at radius 3 is 2.68 bits per heavy atom. The molecule has 5 nitrogen and oxygen atoms in total. The molecule has 104 valence electrons. The largest absolute Gasteiger partial charge is 0.462 e. The number of carbonyl (C=O) groups is 1. The van der Waals surface area contributed by atoms with Crippen molar-refractivity contribution in [1.82, 2.24) is 4.90 Å². The zero-order valence-corrected chi connectivity index (χ0v) is 11.1. The van der Waals surface area contributed by atoms with Gasteiger partial charge in [0.05, 0.1) is 12.2 Å². The molecule has 4 N–H and O–H groups in total. The van der Waals surface area contributed by atoms with Crippen molar-refractivity contribution in [3.63, 3.8) is 0 Å². The first-order valence-corrected chi connectivity index (χ1v) is 6.71. The van der Waals surface area contributed by atoms with Crippen LogP contribution in [0, 0.1) is 0 Å². The number of ether oxygens (including phenoxy) is 1. The first-order valence-electron chi connectivity index (χ1n) is 6.71. The summed E-state index contributed by atoms with van der Waals surface area (Å²) in [5.74, 6) is -0.376. The lowest BCUT2D eigenvalue weighted by Crippen LogP contribution is -2.22. The number of esters is 1.